The normalized spacial score (nSPS) is 27.6. The largest absolute Gasteiger partial charge is 0.466 e. The lowest BCUT2D eigenvalue weighted by Crippen LogP contribution is -2.34. The summed E-state index contributed by atoms with van der Waals surface area (Å²) in [5.41, 5.74) is 0. The van der Waals surface area contributed by atoms with Crippen molar-refractivity contribution in [1.82, 2.24) is 0 Å². The van der Waals surface area contributed by atoms with Crippen LogP contribution in [0.4, 0.5) is 0 Å². The number of aryl methyl sites for hydroxylation is 1. The molecule has 1 saturated heterocycles. The van der Waals surface area contributed by atoms with Gasteiger partial charge in [-0.15, -0.1) is 0 Å². The van der Waals surface area contributed by atoms with Crippen molar-refractivity contribution >= 4 is 21.8 Å². The molecule has 0 bridgehead atoms. The fourth-order valence-electron chi connectivity index (χ4n) is 2.00. The summed E-state index contributed by atoms with van der Waals surface area (Å²) in [6.07, 6.45) is 0. The molecule has 0 saturated carbocycles. The third kappa shape index (κ3) is 1.92. The zero-order chi connectivity index (χ0) is 13.3. The fraction of sp³-hybridized carbons (Fsp3) is 0.333. The van der Waals surface area contributed by atoms with Gasteiger partial charge in [0.25, 0.3) is 0 Å². The fourth-order valence-corrected chi connectivity index (χ4v) is 2.89. The minimum absolute atomic E-state index is 0.105. The number of hydrogen-bond donors (Lipinski definition) is 2. The van der Waals surface area contributed by atoms with E-state index < -0.39 is 17.8 Å². The second kappa shape index (κ2) is 4.67. The Kier molecular flexibility index (Phi) is 3.22. The van der Waals surface area contributed by atoms with Crippen molar-refractivity contribution in [1.29, 1.82) is 21.3 Å². The molecule has 1 aromatic heterocycles. The Morgan fingerprint density at radius 2 is 1.72 bits per heavy atom. The lowest BCUT2D eigenvalue weighted by atomic mass is 9.81. The number of thioether (sulfide) groups is 1. The van der Waals surface area contributed by atoms with E-state index in [0.717, 1.165) is 11.8 Å². The minimum atomic E-state index is -0.723. The summed E-state index contributed by atoms with van der Waals surface area (Å²) in [4.78, 5) is 0. The van der Waals surface area contributed by atoms with Gasteiger partial charge in [0, 0.05) is 0 Å². The summed E-state index contributed by atoms with van der Waals surface area (Å²) in [6.45, 7) is 1.78. The zero-order valence-electron chi connectivity index (χ0n) is 9.60. The van der Waals surface area contributed by atoms with Crippen LogP contribution in [-0.4, -0.2) is 10.1 Å². The van der Waals surface area contributed by atoms with E-state index in [-0.39, 0.29) is 10.1 Å². The molecular formula is C12H10N4OS. The molecule has 2 atom stereocenters. The van der Waals surface area contributed by atoms with Crippen LogP contribution in [0.3, 0.4) is 0 Å². The van der Waals surface area contributed by atoms with E-state index in [1.165, 1.54) is 0 Å². The van der Waals surface area contributed by atoms with Crippen molar-refractivity contribution in [2.45, 2.75) is 12.8 Å². The molecule has 1 aliphatic heterocycles. The Morgan fingerprint density at radius 1 is 1.17 bits per heavy atom. The second-order valence-corrected chi connectivity index (χ2v) is 5.10. The van der Waals surface area contributed by atoms with Crippen molar-refractivity contribution in [3.8, 4) is 12.1 Å². The summed E-state index contributed by atoms with van der Waals surface area (Å²) in [7, 11) is 0. The standard InChI is InChI=1S/C12H10N4OS/c1-6-2-3-9(17-6)10-7(4-13)11(15)18-12(16)8(10)5-14/h2-3,7-8,10,15-16H,1H3. The third-order valence-electron chi connectivity index (χ3n) is 2.87. The minimum Gasteiger partial charge on any atom is -0.466 e. The van der Waals surface area contributed by atoms with E-state index in [1.807, 2.05) is 12.1 Å². The second-order valence-electron chi connectivity index (χ2n) is 4.02. The van der Waals surface area contributed by atoms with Gasteiger partial charge in [0.15, 0.2) is 0 Å². The molecule has 0 amide bonds. The van der Waals surface area contributed by atoms with Crippen LogP contribution >= 0.6 is 11.8 Å². The van der Waals surface area contributed by atoms with Gasteiger partial charge in [0.1, 0.15) is 23.4 Å². The Bertz CT molecular complexity index is 560. The SMILES string of the molecule is Cc1ccc(C2C(C#N)C(=N)SC(=N)C2C#N)o1. The number of nitrogens with one attached hydrogen (secondary N) is 2. The molecule has 2 N–H and O–H groups in total. The lowest BCUT2D eigenvalue weighted by molar-refractivity contribution is 0.409. The van der Waals surface area contributed by atoms with Gasteiger partial charge in [0.05, 0.1) is 28.1 Å². The summed E-state index contributed by atoms with van der Waals surface area (Å²) in [6, 6.07) is 7.56. The Balaban J connectivity index is 2.49. The van der Waals surface area contributed by atoms with E-state index in [9.17, 15) is 10.5 Å². The van der Waals surface area contributed by atoms with Crippen LogP contribution < -0.4 is 0 Å². The van der Waals surface area contributed by atoms with Gasteiger partial charge in [-0.3, -0.25) is 10.8 Å². The molecule has 0 spiro atoms. The maximum absolute atomic E-state index is 9.17. The number of furan rings is 1. The highest BCUT2D eigenvalue weighted by Gasteiger charge is 2.43. The van der Waals surface area contributed by atoms with E-state index >= 15 is 0 Å². The van der Waals surface area contributed by atoms with Crippen LogP contribution in [0.25, 0.3) is 0 Å². The number of rotatable bonds is 1. The van der Waals surface area contributed by atoms with Crippen LogP contribution in [0, 0.1) is 52.2 Å². The maximum atomic E-state index is 9.17. The average Bonchev–Trinajstić information content (AvgIpc) is 2.74. The monoisotopic (exact) mass is 258 g/mol. The highest BCUT2D eigenvalue weighted by atomic mass is 32.2. The van der Waals surface area contributed by atoms with Gasteiger partial charge in [-0.1, -0.05) is 11.8 Å². The van der Waals surface area contributed by atoms with Gasteiger partial charge in [-0.2, -0.15) is 10.5 Å². The van der Waals surface area contributed by atoms with Crippen molar-refractivity contribution < 1.29 is 4.42 Å². The van der Waals surface area contributed by atoms with E-state index in [2.05, 4.69) is 0 Å². The third-order valence-corrected chi connectivity index (χ3v) is 3.82. The molecule has 1 aliphatic rings. The highest BCUT2D eigenvalue weighted by molar-refractivity contribution is 8.26. The van der Waals surface area contributed by atoms with Crippen LogP contribution in [0.2, 0.25) is 0 Å². The van der Waals surface area contributed by atoms with Crippen LogP contribution in [0.1, 0.15) is 17.4 Å². The quantitative estimate of drug-likeness (QED) is 0.806. The molecule has 18 heavy (non-hydrogen) atoms. The average molecular weight is 258 g/mol. The van der Waals surface area contributed by atoms with Gasteiger partial charge in [0.2, 0.25) is 0 Å². The van der Waals surface area contributed by atoms with Gasteiger partial charge in [-0.25, -0.2) is 0 Å². The first-order chi connectivity index (χ1) is 8.58. The number of nitrogens with zero attached hydrogens (tertiary/aromatic N) is 2. The Labute approximate surface area is 108 Å². The van der Waals surface area contributed by atoms with Crippen LogP contribution in [0.5, 0.6) is 0 Å². The summed E-state index contributed by atoms with van der Waals surface area (Å²) in [5.74, 6) is -0.816. The molecular weight excluding hydrogens is 248 g/mol. The predicted octanol–water partition coefficient (Wildman–Crippen LogP) is 2.65. The van der Waals surface area contributed by atoms with Crippen LogP contribution in [0.15, 0.2) is 16.5 Å². The first-order valence-corrected chi connectivity index (χ1v) is 6.10. The molecule has 2 heterocycles. The molecule has 2 rings (SSSR count). The molecule has 2 unspecified atom stereocenters. The Hall–Kier alpha value is -2.05. The maximum Gasteiger partial charge on any atom is 0.110 e. The van der Waals surface area contributed by atoms with Crippen LogP contribution in [-0.2, 0) is 0 Å². The van der Waals surface area contributed by atoms with Gasteiger partial charge >= 0.3 is 0 Å². The molecule has 0 aliphatic carbocycles. The van der Waals surface area contributed by atoms with Crippen molar-refractivity contribution in [2.24, 2.45) is 11.8 Å². The molecule has 5 nitrogen and oxygen atoms in total. The van der Waals surface area contributed by atoms with Gasteiger partial charge in [-0.05, 0) is 19.1 Å². The lowest BCUT2D eigenvalue weighted by Gasteiger charge is -2.29. The molecule has 1 fully saturated rings. The topological polar surface area (TPSA) is 108 Å². The van der Waals surface area contributed by atoms with Crippen molar-refractivity contribution in [3.63, 3.8) is 0 Å². The molecule has 0 radical (unpaired) electrons. The van der Waals surface area contributed by atoms with Crippen molar-refractivity contribution in [2.75, 3.05) is 0 Å². The molecule has 0 aromatic carbocycles. The summed E-state index contributed by atoms with van der Waals surface area (Å²) < 4.78 is 5.48. The molecule has 6 heteroatoms. The Morgan fingerprint density at radius 3 is 2.11 bits per heavy atom. The number of nitriles is 2. The smallest absolute Gasteiger partial charge is 0.110 e. The predicted molar refractivity (Wildman–Crippen MR) is 67.4 cm³/mol. The summed E-state index contributed by atoms with van der Waals surface area (Å²) in [5, 5.41) is 34.1. The molecule has 1 aromatic rings. The zero-order valence-corrected chi connectivity index (χ0v) is 10.4. The van der Waals surface area contributed by atoms with E-state index in [4.69, 9.17) is 15.2 Å². The summed E-state index contributed by atoms with van der Waals surface area (Å²) >= 11 is 0.892. The first-order valence-electron chi connectivity index (χ1n) is 5.28. The first kappa shape index (κ1) is 12.4. The molecule has 90 valence electrons. The van der Waals surface area contributed by atoms with E-state index in [0.29, 0.717) is 11.5 Å². The van der Waals surface area contributed by atoms with E-state index in [1.54, 1.807) is 19.1 Å². The number of hydrogen-bond acceptors (Lipinski definition) is 6. The highest BCUT2D eigenvalue weighted by Crippen LogP contribution is 2.42. The van der Waals surface area contributed by atoms with Gasteiger partial charge < -0.3 is 4.42 Å². The van der Waals surface area contributed by atoms with Crippen molar-refractivity contribution in [3.05, 3.63) is 23.7 Å².